The van der Waals surface area contributed by atoms with Crippen molar-refractivity contribution in [1.82, 2.24) is 5.32 Å². The van der Waals surface area contributed by atoms with Gasteiger partial charge in [0.15, 0.2) is 0 Å². The third kappa shape index (κ3) is 74.3. The van der Waals surface area contributed by atoms with Gasteiger partial charge in [0.2, 0.25) is 0 Å². The molecule has 0 aromatic heterocycles. The number of ether oxygens (including phenoxy) is 10. The molecule has 0 aliphatic heterocycles. The Hall–Kier alpha value is -4.85. The van der Waals surface area contributed by atoms with E-state index in [9.17, 15) is 33.9 Å². The maximum Gasteiger partial charge on any atom is 0.407 e. The summed E-state index contributed by atoms with van der Waals surface area (Å²) in [6.45, 7) is 31.8. The van der Waals surface area contributed by atoms with Gasteiger partial charge in [0, 0.05) is 129 Å². The van der Waals surface area contributed by atoms with Gasteiger partial charge in [0.05, 0.1) is 55.8 Å². The lowest BCUT2D eigenvalue weighted by atomic mass is 10.2. The lowest BCUT2D eigenvalue weighted by Gasteiger charge is -2.22. The van der Waals surface area contributed by atoms with Crippen LogP contribution in [0.3, 0.4) is 0 Å². The van der Waals surface area contributed by atoms with Gasteiger partial charge in [-0.3, -0.25) is 14.4 Å². The van der Waals surface area contributed by atoms with Crippen molar-refractivity contribution in [3.8, 4) is 6.26 Å². The molecule has 0 heterocycles. The molecule has 6 unspecified atom stereocenters. The molecule has 0 saturated heterocycles. The van der Waals surface area contributed by atoms with E-state index in [1.54, 1.807) is 91.7 Å². The van der Waals surface area contributed by atoms with Crippen LogP contribution in [0.5, 0.6) is 0 Å². The first kappa shape index (κ1) is 109. The Bertz CT molecular complexity index is 2130. The topological polar surface area (TPSA) is 448 Å². The fourth-order valence-electron chi connectivity index (χ4n) is 5.61. The van der Waals surface area contributed by atoms with Gasteiger partial charge < -0.3 is 120 Å². The van der Waals surface area contributed by atoms with E-state index < -0.39 is 116 Å². The van der Waals surface area contributed by atoms with Crippen LogP contribution in [0.15, 0.2) is 61.9 Å². The second-order valence-corrected chi connectivity index (χ2v) is 35.3. The van der Waals surface area contributed by atoms with Gasteiger partial charge in [-0.15, -0.1) is 0 Å². The highest BCUT2D eigenvalue weighted by atomic mass is 32.2. The Morgan fingerprint density at radius 2 is 0.750 bits per heavy atom. The zero-order chi connectivity index (χ0) is 78.7. The standard InChI is InChI=1S/C16H25NO8S.2C9H16O5S.C7H9NO3.3C7H18O3Si/c1-10(2)14(20)23-6-5-17-16(22)24-7-13(19)9-26-8-11(3)15(21)25-12(4)18;2*1-6(9(13)14-7(2)11)4-15-5-8(12)3-10;1-6(2)7(9)11-4-3-10-5-8;3*1-8-6-5-7-11(4,9-2)10-3/h11,13,18-19H,1,4-9H2,2-3H3,(H,17,22);2*6,8,10-12H,2-5H2,1H3;1,3-4H2,2H3;3*5-7H2,1-4H3. The van der Waals surface area contributed by atoms with Crippen LogP contribution in [-0.2, 0) is 97.9 Å². The number of nitrogens with one attached hydrogen (secondary N) is 1. The number of carbonyl (C=O) groups is 6. The molecule has 100 heavy (non-hydrogen) atoms. The summed E-state index contributed by atoms with van der Waals surface area (Å²) >= 11 is 3.92. The van der Waals surface area contributed by atoms with E-state index >= 15 is 0 Å². The van der Waals surface area contributed by atoms with Crippen molar-refractivity contribution < 1.29 is 144 Å². The van der Waals surface area contributed by atoms with Crippen molar-refractivity contribution in [3.05, 3.63) is 61.9 Å². The zero-order valence-electron chi connectivity index (χ0n) is 61.8. The van der Waals surface area contributed by atoms with Crippen LogP contribution >= 0.6 is 35.3 Å². The second kappa shape index (κ2) is 71.2. The van der Waals surface area contributed by atoms with Crippen LogP contribution in [0.1, 0.15) is 53.9 Å². The number of nitrogens with zero attached hydrogens (tertiary/aromatic N) is 1. The Morgan fingerprint density at radius 1 is 0.460 bits per heavy atom. The quantitative estimate of drug-likeness (QED) is 0.00600. The molecule has 0 spiro atoms. The number of amides is 1. The lowest BCUT2D eigenvalue weighted by molar-refractivity contribution is -0.147. The van der Waals surface area contributed by atoms with Gasteiger partial charge in [-0.1, -0.05) is 33.9 Å². The first-order valence-corrected chi connectivity index (χ1v) is 42.0. The number of methoxy groups -OCH3 is 3. The molecule has 0 fully saturated rings. The molecule has 0 aliphatic rings. The smallest absolute Gasteiger partial charge is 0.407 e. The van der Waals surface area contributed by atoms with Crippen molar-refractivity contribution in [2.75, 3.05) is 165 Å². The lowest BCUT2D eigenvalue weighted by Crippen LogP contribution is -2.36. The number of aliphatic hydroxyl groups is 8. The fraction of sp³-hybridized carbons (Fsp3) is 0.726. The summed E-state index contributed by atoms with van der Waals surface area (Å²) in [5.74, 6) is -3.76. The van der Waals surface area contributed by atoms with Gasteiger partial charge >= 0.3 is 61.6 Å². The number of esters is 5. The van der Waals surface area contributed by atoms with Crippen LogP contribution in [0.2, 0.25) is 37.8 Å². The third-order valence-electron chi connectivity index (χ3n) is 12.0. The number of alkyl carbamates (subject to hydrolysis) is 1. The van der Waals surface area contributed by atoms with E-state index in [1.165, 1.54) is 48.5 Å². The average molecular weight is 1550 g/mol. The zero-order valence-corrected chi connectivity index (χ0v) is 67.2. The monoisotopic (exact) mass is 1550 g/mol. The van der Waals surface area contributed by atoms with Gasteiger partial charge in [-0.25, -0.2) is 14.4 Å². The third-order valence-corrected chi connectivity index (χ3v) is 25.1. The number of carbonyl (C=O) groups excluding carboxylic acids is 6. The van der Waals surface area contributed by atoms with Gasteiger partial charge in [-0.05, 0) is 90.6 Å². The number of thioether (sulfide) groups is 3. The summed E-state index contributed by atoms with van der Waals surface area (Å²) in [7, 11) is 9.94. The van der Waals surface area contributed by atoms with Gasteiger partial charge in [-0.2, -0.15) is 40.5 Å². The highest BCUT2D eigenvalue weighted by molar-refractivity contribution is 7.99. The predicted octanol–water partition coefficient (Wildman–Crippen LogP) is 6.46. The minimum Gasteiger partial charge on any atom is -0.481 e. The molecule has 0 aliphatic carbocycles. The summed E-state index contributed by atoms with van der Waals surface area (Å²) in [6.07, 6.45) is 1.29. The molecule has 38 heteroatoms. The van der Waals surface area contributed by atoms with E-state index in [0.29, 0.717) is 34.3 Å². The first-order valence-electron chi connectivity index (χ1n) is 30.9. The summed E-state index contributed by atoms with van der Waals surface area (Å²) in [4.78, 5) is 66.8. The predicted molar refractivity (Wildman–Crippen MR) is 389 cm³/mol. The molecular formula is C62H120N2O30S3Si3. The van der Waals surface area contributed by atoms with Crippen LogP contribution < -0.4 is 5.32 Å². The fourth-order valence-corrected chi connectivity index (χ4v) is 12.7. The SMILES string of the molecule is C=C(C)C(=O)OCCOC#N.C=C(O)OC(=O)C(C)CSCC(O)CO.C=C(O)OC(=O)C(C)CSCC(O)CO.C=C(O)OC(=O)C(C)CSCC(O)COC(=O)NCCOC(=O)C(=C)C.COCCC[Si](C)(OC)OC.COCCC[Si](C)(OC)OC.COCCC[Si](C)(OC)OC. The van der Waals surface area contributed by atoms with E-state index in [-0.39, 0.29) is 57.5 Å². The van der Waals surface area contributed by atoms with Crippen LogP contribution in [0.25, 0.3) is 0 Å². The van der Waals surface area contributed by atoms with E-state index in [2.05, 4.69) is 81.5 Å². The molecule has 6 atom stereocenters. The molecule has 32 nitrogen and oxygen atoms in total. The highest BCUT2D eigenvalue weighted by Crippen LogP contribution is 2.17. The molecule has 0 bridgehead atoms. The minimum absolute atomic E-state index is 0.0204. The molecular weight excluding hydrogens is 1430 g/mol. The van der Waals surface area contributed by atoms with Crippen molar-refractivity contribution in [2.24, 2.45) is 17.8 Å². The first-order chi connectivity index (χ1) is 46.8. The molecule has 0 saturated carbocycles. The van der Waals surface area contributed by atoms with Gasteiger partial charge in [0.25, 0.3) is 24.1 Å². The average Bonchev–Trinajstić information content (AvgIpc) is 1.06. The molecule has 0 radical (unpaired) electrons. The largest absolute Gasteiger partial charge is 0.481 e. The Balaban J connectivity index is -0.000000208. The molecule has 0 rings (SSSR count). The molecule has 1 amide bonds. The number of rotatable bonds is 48. The maximum atomic E-state index is 11.4. The van der Waals surface area contributed by atoms with Crippen LogP contribution in [0.4, 0.5) is 4.79 Å². The molecule has 588 valence electrons. The maximum absolute atomic E-state index is 11.4. The van der Waals surface area contributed by atoms with E-state index in [0.717, 1.165) is 57.2 Å². The number of hydrogen-bond acceptors (Lipinski definition) is 34. The van der Waals surface area contributed by atoms with Gasteiger partial charge in [0.1, 0.15) is 26.4 Å². The van der Waals surface area contributed by atoms with Crippen LogP contribution in [-0.4, -0.2) is 285 Å². The minimum atomic E-state index is -1.81. The number of hydrogen-bond donors (Lipinski definition) is 9. The van der Waals surface area contributed by atoms with Crippen molar-refractivity contribution in [1.29, 1.82) is 5.26 Å². The Morgan fingerprint density at radius 3 is 1.00 bits per heavy atom. The van der Waals surface area contributed by atoms with Crippen molar-refractivity contribution in [2.45, 2.75) is 110 Å². The molecule has 0 aromatic rings. The summed E-state index contributed by atoms with van der Waals surface area (Å²) in [5.41, 5.74) is 0.596. The molecule has 0 aromatic carbocycles. The molecule has 9 N–H and O–H groups in total. The normalized spacial score (nSPS) is 12.4. The Labute approximate surface area is 608 Å². The number of nitriles is 1. The summed E-state index contributed by atoms with van der Waals surface area (Å²) in [6, 6.07) is 2.98. The van der Waals surface area contributed by atoms with Crippen LogP contribution in [0, 0.1) is 29.3 Å². The van der Waals surface area contributed by atoms with E-state index in [4.69, 9.17) is 91.2 Å². The van der Waals surface area contributed by atoms with Crippen molar-refractivity contribution >= 4 is 96.9 Å². The second-order valence-electron chi connectivity index (χ2n) is 21.3. The summed E-state index contributed by atoms with van der Waals surface area (Å²) < 4.78 is 78.3. The highest BCUT2D eigenvalue weighted by Gasteiger charge is 2.29. The number of aliphatic hydroxyl groups excluding tert-OH is 8. The summed E-state index contributed by atoms with van der Waals surface area (Å²) in [5, 5.41) is 81.1. The Kier molecular flexibility index (Phi) is 77.2. The van der Waals surface area contributed by atoms with Crippen molar-refractivity contribution in [3.63, 3.8) is 0 Å². The van der Waals surface area contributed by atoms with E-state index in [1.807, 2.05) is 0 Å².